The lowest BCUT2D eigenvalue weighted by atomic mass is 10.1. The Morgan fingerprint density at radius 2 is 1.83 bits per heavy atom. The van der Waals surface area contributed by atoms with Gasteiger partial charge in [0, 0.05) is 29.8 Å². The first-order chi connectivity index (χ1) is 14.4. The van der Waals surface area contributed by atoms with E-state index in [9.17, 15) is 19.1 Å². The molecule has 2 aromatic carbocycles. The summed E-state index contributed by atoms with van der Waals surface area (Å²) in [5.41, 5.74) is 1.91. The number of carbonyl (C=O) groups is 1. The molecule has 156 valence electrons. The summed E-state index contributed by atoms with van der Waals surface area (Å²) < 4.78 is 14.6. The fourth-order valence-corrected chi connectivity index (χ4v) is 3.32. The fourth-order valence-electron chi connectivity index (χ4n) is 3.32. The molecule has 0 saturated carbocycles. The van der Waals surface area contributed by atoms with Gasteiger partial charge in [-0.1, -0.05) is 30.3 Å². The van der Waals surface area contributed by atoms with Gasteiger partial charge in [0.05, 0.1) is 6.04 Å². The molecule has 0 fully saturated rings. The minimum atomic E-state index is -0.407. The van der Waals surface area contributed by atoms with Crippen LogP contribution in [0.25, 0.3) is 11.4 Å². The van der Waals surface area contributed by atoms with Crippen LogP contribution in [0.4, 0.5) is 4.39 Å². The number of aryl methyl sites for hydroxylation is 1. The molecule has 0 saturated heterocycles. The maximum Gasteiger partial charge on any atom is 0.257 e. The summed E-state index contributed by atoms with van der Waals surface area (Å²) in [6.45, 7) is 3.10. The highest BCUT2D eigenvalue weighted by Crippen LogP contribution is 2.18. The summed E-state index contributed by atoms with van der Waals surface area (Å²) in [5, 5.41) is 12.2. The first-order valence-corrected chi connectivity index (χ1v) is 9.72. The van der Waals surface area contributed by atoms with Gasteiger partial charge in [-0.3, -0.25) is 14.2 Å². The van der Waals surface area contributed by atoms with E-state index >= 15 is 0 Å². The number of aromatic nitrogens is 2. The molecule has 2 N–H and O–H groups in total. The molecule has 1 unspecified atom stereocenters. The normalized spacial score (nSPS) is 11.9. The number of nitrogens with one attached hydrogen (secondary N) is 1. The van der Waals surface area contributed by atoms with Crippen LogP contribution in [0.15, 0.2) is 59.4 Å². The summed E-state index contributed by atoms with van der Waals surface area (Å²) in [6.07, 6.45) is 0.142. The fraction of sp³-hybridized carbons (Fsp3) is 0.261. The predicted molar refractivity (Wildman–Crippen MR) is 112 cm³/mol. The average Bonchev–Trinajstić information content (AvgIpc) is 2.74. The minimum Gasteiger partial charge on any atom is -0.396 e. The zero-order chi connectivity index (χ0) is 21.7. The van der Waals surface area contributed by atoms with Crippen molar-refractivity contribution in [2.75, 3.05) is 6.61 Å². The van der Waals surface area contributed by atoms with Crippen LogP contribution in [0.1, 0.15) is 29.8 Å². The van der Waals surface area contributed by atoms with Gasteiger partial charge in [0.1, 0.15) is 18.2 Å². The Kier molecular flexibility index (Phi) is 6.74. The molecule has 3 rings (SSSR count). The molecular weight excluding hydrogens is 385 g/mol. The quantitative estimate of drug-likeness (QED) is 0.629. The second-order valence-electron chi connectivity index (χ2n) is 7.07. The Balaban J connectivity index is 1.96. The molecule has 0 bridgehead atoms. The lowest BCUT2D eigenvalue weighted by Crippen LogP contribution is -2.36. The second-order valence-corrected chi connectivity index (χ2v) is 7.07. The molecule has 3 aromatic rings. The van der Waals surface area contributed by atoms with Gasteiger partial charge in [0.25, 0.3) is 5.56 Å². The van der Waals surface area contributed by atoms with Crippen molar-refractivity contribution in [2.24, 2.45) is 0 Å². The van der Waals surface area contributed by atoms with Crippen molar-refractivity contribution in [2.45, 2.75) is 32.9 Å². The molecule has 6 nitrogen and oxygen atoms in total. The van der Waals surface area contributed by atoms with Crippen molar-refractivity contribution in [3.63, 3.8) is 0 Å². The summed E-state index contributed by atoms with van der Waals surface area (Å²) in [7, 11) is 0. The third-order valence-corrected chi connectivity index (χ3v) is 4.91. The Morgan fingerprint density at radius 1 is 1.17 bits per heavy atom. The van der Waals surface area contributed by atoms with Crippen LogP contribution < -0.4 is 10.9 Å². The van der Waals surface area contributed by atoms with Crippen molar-refractivity contribution in [3.05, 3.63) is 87.6 Å². The molecule has 0 aliphatic rings. The van der Waals surface area contributed by atoms with Crippen molar-refractivity contribution < 1.29 is 14.3 Å². The van der Waals surface area contributed by atoms with Crippen molar-refractivity contribution in [3.8, 4) is 11.4 Å². The number of carbonyl (C=O) groups excluding carboxylic acids is 1. The van der Waals surface area contributed by atoms with E-state index in [-0.39, 0.29) is 37.3 Å². The number of aliphatic hydroxyl groups excluding tert-OH is 1. The molecule has 1 heterocycles. The van der Waals surface area contributed by atoms with Gasteiger partial charge < -0.3 is 10.4 Å². The van der Waals surface area contributed by atoms with E-state index in [0.29, 0.717) is 16.8 Å². The van der Waals surface area contributed by atoms with Crippen LogP contribution in [0, 0.1) is 12.7 Å². The first kappa shape index (κ1) is 21.4. The topological polar surface area (TPSA) is 84.2 Å². The van der Waals surface area contributed by atoms with E-state index in [1.807, 2.05) is 37.3 Å². The number of halogens is 1. The summed E-state index contributed by atoms with van der Waals surface area (Å²) in [6, 6.07) is 14.8. The summed E-state index contributed by atoms with van der Waals surface area (Å²) >= 11 is 0. The van der Waals surface area contributed by atoms with E-state index in [4.69, 9.17) is 0 Å². The molecule has 1 atom stereocenters. The maximum absolute atomic E-state index is 13.4. The van der Waals surface area contributed by atoms with Crippen LogP contribution in [0.5, 0.6) is 0 Å². The third kappa shape index (κ3) is 4.80. The zero-order valence-electron chi connectivity index (χ0n) is 16.9. The van der Waals surface area contributed by atoms with Crippen LogP contribution in [0.2, 0.25) is 0 Å². The van der Waals surface area contributed by atoms with E-state index in [2.05, 4.69) is 10.3 Å². The maximum atomic E-state index is 13.4. The molecule has 0 radical (unpaired) electrons. The third-order valence-electron chi connectivity index (χ3n) is 4.91. The largest absolute Gasteiger partial charge is 0.396 e. The van der Waals surface area contributed by atoms with E-state index in [1.54, 1.807) is 6.92 Å². The number of hydrogen-bond acceptors (Lipinski definition) is 4. The summed E-state index contributed by atoms with van der Waals surface area (Å²) in [4.78, 5) is 30.3. The highest BCUT2D eigenvalue weighted by molar-refractivity contribution is 5.77. The van der Waals surface area contributed by atoms with Crippen LogP contribution >= 0.6 is 0 Å². The SMILES string of the molecule is Cc1nc(-c2ccc(F)cc2)n(CC(=O)NC(C)c2ccccc2)c(=O)c1CCO. The number of rotatable bonds is 7. The molecule has 1 aromatic heterocycles. The van der Waals surface area contributed by atoms with Crippen molar-refractivity contribution in [1.29, 1.82) is 0 Å². The van der Waals surface area contributed by atoms with Gasteiger partial charge in [-0.25, -0.2) is 9.37 Å². The Hall–Kier alpha value is -3.32. The highest BCUT2D eigenvalue weighted by atomic mass is 19.1. The number of amides is 1. The van der Waals surface area contributed by atoms with Gasteiger partial charge in [0.2, 0.25) is 5.91 Å². The lowest BCUT2D eigenvalue weighted by molar-refractivity contribution is -0.122. The van der Waals surface area contributed by atoms with Gasteiger partial charge in [0.15, 0.2) is 0 Å². The highest BCUT2D eigenvalue weighted by Gasteiger charge is 2.19. The molecular formula is C23H24FN3O3. The number of aliphatic hydroxyl groups is 1. The van der Waals surface area contributed by atoms with Gasteiger partial charge in [-0.05, 0) is 43.7 Å². The monoisotopic (exact) mass is 409 g/mol. The Bertz CT molecular complexity index is 1080. The van der Waals surface area contributed by atoms with Crippen molar-refractivity contribution in [1.82, 2.24) is 14.9 Å². The van der Waals surface area contributed by atoms with Crippen LogP contribution in [-0.2, 0) is 17.8 Å². The molecule has 0 aliphatic carbocycles. The Labute approximate surface area is 174 Å². The Morgan fingerprint density at radius 3 is 2.47 bits per heavy atom. The predicted octanol–water partition coefficient (Wildman–Crippen LogP) is 2.77. The standard InChI is InChI=1S/C23H24FN3O3/c1-15(17-6-4-3-5-7-17)25-21(29)14-27-22(18-8-10-19(24)11-9-18)26-16(2)20(12-13-28)23(27)30/h3-11,15,28H,12-14H2,1-2H3,(H,25,29). The molecule has 1 amide bonds. The smallest absolute Gasteiger partial charge is 0.257 e. The van der Waals surface area contributed by atoms with E-state index in [1.165, 1.54) is 28.8 Å². The average molecular weight is 409 g/mol. The number of hydrogen-bond donors (Lipinski definition) is 2. The lowest BCUT2D eigenvalue weighted by Gasteiger charge is -2.18. The minimum absolute atomic E-state index is 0.142. The molecule has 30 heavy (non-hydrogen) atoms. The molecule has 0 aliphatic heterocycles. The van der Waals surface area contributed by atoms with Crippen LogP contribution in [0.3, 0.4) is 0 Å². The van der Waals surface area contributed by atoms with E-state index < -0.39 is 11.4 Å². The van der Waals surface area contributed by atoms with Crippen LogP contribution in [-0.4, -0.2) is 27.2 Å². The summed E-state index contributed by atoms with van der Waals surface area (Å²) in [5.74, 6) is -0.477. The van der Waals surface area contributed by atoms with Gasteiger partial charge >= 0.3 is 0 Å². The van der Waals surface area contributed by atoms with Gasteiger partial charge in [-0.2, -0.15) is 0 Å². The van der Waals surface area contributed by atoms with Crippen molar-refractivity contribution >= 4 is 5.91 Å². The molecule has 0 spiro atoms. The number of benzene rings is 2. The number of nitrogens with zero attached hydrogens (tertiary/aromatic N) is 2. The van der Waals surface area contributed by atoms with Gasteiger partial charge in [-0.15, -0.1) is 0 Å². The first-order valence-electron chi connectivity index (χ1n) is 9.72. The molecule has 7 heteroatoms. The van der Waals surface area contributed by atoms with E-state index in [0.717, 1.165) is 5.56 Å². The zero-order valence-corrected chi connectivity index (χ0v) is 16.9. The second kappa shape index (κ2) is 9.45.